The van der Waals surface area contributed by atoms with E-state index in [9.17, 15) is 14.3 Å². The first-order valence-corrected chi connectivity index (χ1v) is 7.76. The normalized spacial score (nSPS) is 23.0. The predicted octanol–water partition coefficient (Wildman–Crippen LogP) is 3.01. The molecular weight excluding hydrogens is 283 g/mol. The number of rotatable bonds is 1. The van der Waals surface area contributed by atoms with Crippen LogP contribution in [0.4, 0.5) is 9.18 Å². The highest BCUT2D eigenvalue weighted by atomic mass is 19.1. The number of benzene rings is 1. The fourth-order valence-electron chi connectivity index (χ4n) is 2.83. The molecule has 0 radical (unpaired) electrons. The summed E-state index contributed by atoms with van der Waals surface area (Å²) in [5.74, 6) is -0.391. The molecule has 122 valence electrons. The number of nitrogens with zero attached hydrogens (tertiary/aromatic N) is 1. The largest absolute Gasteiger partial charge is 0.385 e. The number of urea groups is 1. The Labute approximate surface area is 131 Å². The fourth-order valence-corrected chi connectivity index (χ4v) is 2.83. The second-order valence-corrected chi connectivity index (χ2v) is 7.03. The Kier molecular flexibility index (Phi) is 4.75. The fraction of sp³-hybridized carbons (Fsp3) is 0.588. The minimum absolute atomic E-state index is 0.134. The van der Waals surface area contributed by atoms with E-state index in [1.165, 1.54) is 6.07 Å². The van der Waals surface area contributed by atoms with Gasteiger partial charge in [-0.05, 0) is 46.1 Å². The molecule has 1 aromatic rings. The van der Waals surface area contributed by atoms with E-state index in [1.807, 2.05) is 20.8 Å². The molecule has 1 aliphatic heterocycles. The average molecular weight is 308 g/mol. The molecule has 1 aromatic carbocycles. The maximum Gasteiger partial charge on any atom is 0.317 e. The number of hydrogen-bond donors (Lipinski definition) is 2. The summed E-state index contributed by atoms with van der Waals surface area (Å²) in [7, 11) is 0. The third-order valence-corrected chi connectivity index (χ3v) is 3.96. The Balaban J connectivity index is 2.09. The molecule has 1 atom stereocenters. The summed E-state index contributed by atoms with van der Waals surface area (Å²) in [6, 6.07) is 6.20. The van der Waals surface area contributed by atoms with Crippen molar-refractivity contribution in [2.45, 2.75) is 51.2 Å². The third-order valence-electron chi connectivity index (χ3n) is 3.96. The maximum absolute atomic E-state index is 14.0. The van der Waals surface area contributed by atoms with Gasteiger partial charge in [-0.1, -0.05) is 18.2 Å². The molecule has 22 heavy (non-hydrogen) atoms. The lowest BCUT2D eigenvalue weighted by molar-refractivity contribution is 0.0187. The predicted molar refractivity (Wildman–Crippen MR) is 84.0 cm³/mol. The molecule has 1 fully saturated rings. The van der Waals surface area contributed by atoms with Gasteiger partial charge in [0, 0.05) is 24.2 Å². The molecule has 2 rings (SSSR count). The van der Waals surface area contributed by atoms with Gasteiger partial charge in [0.2, 0.25) is 0 Å². The number of hydrogen-bond acceptors (Lipinski definition) is 2. The first kappa shape index (κ1) is 16.7. The van der Waals surface area contributed by atoms with Gasteiger partial charge in [-0.15, -0.1) is 0 Å². The van der Waals surface area contributed by atoms with E-state index in [4.69, 9.17) is 0 Å². The van der Waals surface area contributed by atoms with E-state index in [1.54, 1.807) is 23.1 Å². The van der Waals surface area contributed by atoms with Gasteiger partial charge in [0.1, 0.15) is 5.82 Å². The van der Waals surface area contributed by atoms with Crippen molar-refractivity contribution in [3.63, 3.8) is 0 Å². The summed E-state index contributed by atoms with van der Waals surface area (Å²) >= 11 is 0. The zero-order chi connectivity index (χ0) is 16.4. The van der Waals surface area contributed by atoms with E-state index in [0.29, 0.717) is 37.9 Å². The van der Waals surface area contributed by atoms with Gasteiger partial charge < -0.3 is 15.3 Å². The van der Waals surface area contributed by atoms with Crippen molar-refractivity contribution in [3.8, 4) is 0 Å². The monoisotopic (exact) mass is 308 g/mol. The first-order chi connectivity index (χ1) is 10.2. The van der Waals surface area contributed by atoms with Crippen LogP contribution in [0, 0.1) is 5.82 Å². The molecule has 0 aliphatic carbocycles. The Hall–Kier alpha value is -1.62. The number of carbonyl (C=O) groups is 1. The summed E-state index contributed by atoms with van der Waals surface area (Å²) in [5.41, 5.74) is -1.18. The average Bonchev–Trinajstić information content (AvgIpc) is 2.60. The van der Waals surface area contributed by atoms with Gasteiger partial charge in [0.25, 0.3) is 0 Å². The summed E-state index contributed by atoms with van der Waals surface area (Å²) in [4.78, 5) is 13.9. The second kappa shape index (κ2) is 6.24. The summed E-state index contributed by atoms with van der Waals surface area (Å²) in [6.07, 6.45) is 1.43. The molecule has 1 unspecified atom stereocenters. The van der Waals surface area contributed by atoms with E-state index in [2.05, 4.69) is 5.32 Å². The van der Waals surface area contributed by atoms with Crippen molar-refractivity contribution in [1.29, 1.82) is 0 Å². The van der Waals surface area contributed by atoms with E-state index >= 15 is 0 Å². The lowest BCUT2D eigenvalue weighted by Crippen LogP contribution is -2.49. The van der Waals surface area contributed by atoms with Crippen molar-refractivity contribution in [2.24, 2.45) is 0 Å². The molecule has 5 heteroatoms. The molecule has 0 aromatic heterocycles. The van der Waals surface area contributed by atoms with Gasteiger partial charge in [-0.2, -0.15) is 0 Å². The molecule has 1 aliphatic rings. The van der Waals surface area contributed by atoms with Gasteiger partial charge in [-0.25, -0.2) is 9.18 Å². The topological polar surface area (TPSA) is 52.6 Å². The molecule has 1 heterocycles. The van der Waals surface area contributed by atoms with Crippen LogP contribution < -0.4 is 5.32 Å². The van der Waals surface area contributed by atoms with Crippen molar-refractivity contribution in [3.05, 3.63) is 35.6 Å². The van der Waals surface area contributed by atoms with Gasteiger partial charge in [0.15, 0.2) is 0 Å². The lowest BCUT2D eigenvalue weighted by Gasteiger charge is -2.29. The lowest BCUT2D eigenvalue weighted by atomic mass is 9.86. The number of likely N-dealkylation sites (tertiary alicyclic amines) is 1. The van der Waals surface area contributed by atoms with Crippen molar-refractivity contribution < 1.29 is 14.3 Å². The van der Waals surface area contributed by atoms with Gasteiger partial charge in [-0.3, -0.25) is 0 Å². The van der Waals surface area contributed by atoms with Crippen LogP contribution in [0.1, 0.15) is 45.6 Å². The molecular formula is C17H25FN2O2. The molecule has 2 amide bonds. The molecule has 2 N–H and O–H groups in total. The molecule has 4 nitrogen and oxygen atoms in total. The summed E-state index contributed by atoms with van der Waals surface area (Å²) < 4.78 is 14.0. The van der Waals surface area contributed by atoms with Crippen LogP contribution in [0.15, 0.2) is 24.3 Å². The zero-order valence-electron chi connectivity index (χ0n) is 13.5. The Bertz CT molecular complexity index is 542. The first-order valence-electron chi connectivity index (χ1n) is 7.76. The molecule has 0 bridgehead atoms. The van der Waals surface area contributed by atoms with E-state index in [0.717, 1.165) is 0 Å². The number of nitrogens with one attached hydrogen (secondary N) is 1. The highest BCUT2D eigenvalue weighted by Gasteiger charge is 2.35. The Morgan fingerprint density at radius 1 is 1.27 bits per heavy atom. The van der Waals surface area contributed by atoms with Gasteiger partial charge >= 0.3 is 6.03 Å². The van der Waals surface area contributed by atoms with Crippen molar-refractivity contribution in [2.75, 3.05) is 13.1 Å². The molecule has 0 saturated carbocycles. The van der Waals surface area contributed by atoms with E-state index < -0.39 is 11.4 Å². The Morgan fingerprint density at radius 3 is 2.59 bits per heavy atom. The number of aliphatic hydroxyl groups is 1. The second-order valence-electron chi connectivity index (χ2n) is 7.03. The number of amides is 2. The third kappa shape index (κ3) is 3.97. The standard InChI is InChI=1S/C17H25FN2O2/c1-16(2,3)19-15(21)20-11-6-9-17(22,10-12-20)13-7-4-5-8-14(13)18/h4-5,7-8,22H,6,9-12H2,1-3H3,(H,19,21). The number of carbonyl (C=O) groups excluding carboxylic acids is 1. The minimum Gasteiger partial charge on any atom is -0.385 e. The highest BCUT2D eigenvalue weighted by Crippen LogP contribution is 2.34. The zero-order valence-corrected chi connectivity index (χ0v) is 13.5. The molecule has 0 spiro atoms. The highest BCUT2D eigenvalue weighted by molar-refractivity contribution is 5.75. The van der Waals surface area contributed by atoms with Crippen LogP contribution >= 0.6 is 0 Å². The van der Waals surface area contributed by atoms with Crippen molar-refractivity contribution >= 4 is 6.03 Å². The van der Waals surface area contributed by atoms with Crippen molar-refractivity contribution in [1.82, 2.24) is 10.2 Å². The smallest absolute Gasteiger partial charge is 0.317 e. The van der Waals surface area contributed by atoms with Crippen LogP contribution in [0.2, 0.25) is 0 Å². The quantitative estimate of drug-likeness (QED) is 0.838. The SMILES string of the molecule is CC(C)(C)NC(=O)N1CCCC(O)(c2ccccc2F)CC1. The molecule has 1 saturated heterocycles. The Morgan fingerprint density at radius 2 is 1.95 bits per heavy atom. The van der Waals surface area contributed by atoms with Gasteiger partial charge in [0.05, 0.1) is 5.60 Å². The van der Waals surface area contributed by atoms with Crippen LogP contribution in [0.25, 0.3) is 0 Å². The maximum atomic E-state index is 14.0. The van der Waals surface area contributed by atoms with Crippen LogP contribution in [0.3, 0.4) is 0 Å². The summed E-state index contributed by atoms with van der Waals surface area (Å²) in [6.45, 7) is 6.76. The minimum atomic E-state index is -1.21. The van der Waals surface area contributed by atoms with Crippen LogP contribution in [-0.4, -0.2) is 34.7 Å². The van der Waals surface area contributed by atoms with Crippen LogP contribution in [-0.2, 0) is 5.60 Å². The number of halogens is 1. The van der Waals surface area contributed by atoms with Crippen LogP contribution in [0.5, 0.6) is 0 Å². The van der Waals surface area contributed by atoms with E-state index in [-0.39, 0.29) is 11.6 Å². The summed E-state index contributed by atoms with van der Waals surface area (Å²) in [5, 5.41) is 13.8.